The number of aliphatic carboxylic acids is 1. The molecule has 8 rings (SSSR count). The summed E-state index contributed by atoms with van der Waals surface area (Å²) in [6, 6.07) is 16.9. The summed E-state index contributed by atoms with van der Waals surface area (Å²) in [6.45, 7) is 2.11. The zero-order valence-electron chi connectivity index (χ0n) is 24.8. The smallest absolute Gasteiger partial charge is 0.308 e. The van der Waals surface area contributed by atoms with Crippen molar-refractivity contribution < 1.29 is 33.0 Å². The number of hydrogen-bond donors (Lipinski definition) is 3. The second-order valence-corrected chi connectivity index (χ2v) is 12.6. The minimum absolute atomic E-state index is 0. The van der Waals surface area contributed by atoms with Crippen molar-refractivity contribution in [3.63, 3.8) is 0 Å². The third-order valence-electron chi connectivity index (χ3n) is 7.49. The van der Waals surface area contributed by atoms with E-state index in [0.717, 1.165) is 48.4 Å². The Bertz CT molecular complexity index is 2030. The molecular weight excluding hydrogens is 687 g/mol. The molecule has 4 heterocycles. The molecule has 6 aromatic rings. The Kier molecular flexibility index (Phi) is 12.3. The van der Waals surface area contributed by atoms with E-state index in [1.54, 1.807) is 12.1 Å². The first kappa shape index (κ1) is 36.2. The van der Waals surface area contributed by atoms with E-state index in [9.17, 15) is 18.4 Å². The average Bonchev–Trinajstić information content (AvgIpc) is 3.84. The van der Waals surface area contributed by atoms with Gasteiger partial charge in [0.05, 0.1) is 45.5 Å². The normalized spacial score (nSPS) is 16.9. The lowest BCUT2D eigenvalue weighted by Gasteiger charge is -2.05. The highest BCUT2D eigenvalue weighted by atomic mass is 32.1. The van der Waals surface area contributed by atoms with Crippen LogP contribution in [0, 0.1) is 23.5 Å². The number of carboxylic acid groups (broad SMARTS) is 1. The number of hydrogen-bond acceptors (Lipinski definition) is 9. The number of carbonyl (C=O) groups excluding carboxylic acids is 1. The zero-order chi connectivity index (χ0) is 31.5. The Balaban J connectivity index is 0.000000174. The fraction of sp³-hybridized carbons (Fsp3) is 0.250. The van der Waals surface area contributed by atoms with E-state index in [1.807, 2.05) is 24.3 Å². The van der Waals surface area contributed by atoms with Crippen molar-refractivity contribution in [1.29, 1.82) is 0 Å². The average molecular weight is 719 g/mol. The van der Waals surface area contributed by atoms with E-state index in [-0.39, 0.29) is 56.4 Å². The van der Waals surface area contributed by atoms with Gasteiger partial charge in [0.2, 0.25) is 5.91 Å². The van der Waals surface area contributed by atoms with E-state index in [2.05, 4.69) is 15.3 Å². The van der Waals surface area contributed by atoms with Crippen LogP contribution in [0.5, 0.6) is 0 Å². The molecule has 2 aromatic heterocycles. The molecule has 4 aromatic carbocycles. The molecule has 1 amide bonds. The van der Waals surface area contributed by atoms with Gasteiger partial charge in [-0.2, -0.15) is 27.0 Å². The van der Waals surface area contributed by atoms with Crippen LogP contribution in [0.1, 0.15) is 12.8 Å². The summed E-state index contributed by atoms with van der Waals surface area (Å²) in [4.78, 5) is 30.9. The van der Waals surface area contributed by atoms with Crippen LogP contribution in [0.2, 0.25) is 0 Å². The molecule has 0 aliphatic carbocycles. The van der Waals surface area contributed by atoms with E-state index >= 15 is 0 Å². The molecular formula is C32H32F2N4O5S4. The first-order valence-electron chi connectivity index (χ1n) is 14.2. The van der Waals surface area contributed by atoms with Gasteiger partial charge in [0, 0.05) is 24.0 Å². The Labute approximate surface area is 290 Å². The second kappa shape index (κ2) is 16.0. The van der Waals surface area contributed by atoms with Crippen LogP contribution in [-0.4, -0.2) is 53.4 Å². The molecule has 0 bridgehead atoms. The first-order valence-corrected chi connectivity index (χ1v) is 15.8. The summed E-state index contributed by atoms with van der Waals surface area (Å²) in [5, 5.41) is 16.0. The summed E-state index contributed by atoms with van der Waals surface area (Å²) in [5.74, 6) is -1.60. The van der Waals surface area contributed by atoms with Gasteiger partial charge in [-0.25, -0.2) is 18.7 Å². The molecule has 0 radical (unpaired) electrons. The number of benzene rings is 4. The predicted molar refractivity (Wildman–Crippen MR) is 193 cm³/mol. The number of ether oxygens (including phenoxy) is 2. The van der Waals surface area contributed by atoms with Gasteiger partial charge in [0.1, 0.15) is 11.6 Å². The molecule has 0 spiro atoms. The molecule has 9 nitrogen and oxygen atoms in total. The zero-order valence-corrected chi connectivity index (χ0v) is 28.4. The van der Waals surface area contributed by atoms with Gasteiger partial charge in [-0.05, 0) is 72.1 Å². The highest BCUT2D eigenvalue weighted by Gasteiger charge is 2.24. The fourth-order valence-corrected chi connectivity index (χ4v) is 6.99. The molecule has 2 aliphatic heterocycles. The standard InChI is InChI=1S/C16H13FN2O2S.C11H7FN2S.C5H8O3.2H2S/c17-11-2-3-12-9(7-11)1-4-13-14(12)22-16(18-13)19-15(20)10-5-6-21-8-10;12-7-2-3-8-6(5-7)1-4-9-10(8)15-11(13)14-9;6-5(7)4-1-2-8-3-4;;/h1-4,7,10H,5-6,8H2,(H,18,19,20);1-5H,(H2,13,14);4H,1-3H2,(H,6,7);2*1H2/t10-;;4-;;/m0.0../s1. The van der Waals surface area contributed by atoms with Crippen molar-refractivity contribution in [2.24, 2.45) is 11.8 Å². The predicted octanol–water partition coefficient (Wildman–Crippen LogP) is 7.07. The quantitative estimate of drug-likeness (QED) is 0.177. The fourth-order valence-electron chi connectivity index (χ4n) is 5.12. The SMILES string of the molecule is Nc1nc2ccc3cc(F)ccc3c2s1.O=C(Nc1nc2ccc3cc(F)ccc3c2s1)[C@H]1CCOC1.O=C(O)[C@H]1CCOC1.S.S. The van der Waals surface area contributed by atoms with E-state index in [1.165, 1.54) is 46.9 Å². The number of amides is 1. The van der Waals surface area contributed by atoms with Crippen LogP contribution >= 0.6 is 49.7 Å². The summed E-state index contributed by atoms with van der Waals surface area (Å²) in [5.41, 5.74) is 7.32. The number of halogens is 2. The van der Waals surface area contributed by atoms with Crippen LogP contribution in [0.15, 0.2) is 60.7 Å². The monoisotopic (exact) mass is 718 g/mol. The number of fused-ring (bicyclic) bond motifs is 6. The number of aromatic nitrogens is 2. The number of nitrogens with zero attached hydrogens (tertiary/aromatic N) is 2. The van der Waals surface area contributed by atoms with Gasteiger partial charge in [-0.15, -0.1) is 0 Å². The maximum Gasteiger partial charge on any atom is 0.308 e. The Morgan fingerprint density at radius 1 is 0.787 bits per heavy atom. The minimum Gasteiger partial charge on any atom is -0.481 e. The summed E-state index contributed by atoms with van der Waals surface area (Å²) < 4.78 is 38.4. The van der Waals surface area contributed by atoms with E-state index in [4.69, 9.17) is 20.3 Å². The molecule has 47 heavy (non-hydrogen) atoms. The Morgan fingerprint density at radius 2 is 1.32 bits per heavy atom. The highest BCUT2D eigenvalue weighted by molar-refractivity contribution is 7.59. The molecule has 2 atom stereocenters. The lowest BCUT2D eigenvalue weighted by Crippen LogP contribution is -2.22. The Hall–Kier alpha value is -3.60. The molecule has 2 aliphatic rings. The van der Waals surface area contributed by atoms with Crippen molar-refractivity contribution in [1.82, 2.24) is 9.97 Å². The molecule has 0 saturated carbocycles. The minimum atomic E-state index is -0.734. The second-order valence-electron chi connectivity index (χ2n) is 10.6. The number of anilines is 2. The van der Waals surface area contributed by atoms with Gasteiger partial charge in [-0.1, -0.05) is 34.8 Å². The van der Waals surface area contributed by atoms with Crippen molar-refractivity contribution in [2.45, 2.75) is 12.8 Å². The lowest BCUT2D eigenvalue weighted by molar-refractivity contribution is -0.141. The molecule has 2 fully saturated rings. The van der Waals surface area contributed by atoms with Gasteiger partial charge < -0.3 is 25.6 Å². The van der Waals surface area contributed by atoms with Crippen molar-refractivity contribution in [3.05, 3.63) is 72.3 Å². The van der Waals surface area contributed by atoms with E-state index < -0.39 is 5.97 Å². The van der Waals surface area contributed by atoms with Crippen LogP contribution in [0.25, 0.3) is 42.0 Å². The topological polar surface area (TPSA) is 137 Å². The molecule has 248 valence electrons. The molecule has 2 saturated heterocycles. The lowest BCUT2D eigenvalue weighted by atomic mass is 10.1. The van der Waals surface area contributed by atoms with Gasteiger partial charge in [0.15, 0.2) is 10.3 Å². The number of nitrogens with two attached hydrogens (primary N) is 1. The van der Waals surface area contributed by atoms with Crippen molar-refractivity contribution in [2.75, 3.05) is 37.5 Å². The number of carbonyl (C=O) groups is 2. The molecule has 0 unspecified atom stereocenters. The van der Waals surface area contributed by atoms with E-state index in [0.29, 0.717) is 43.1 Å². The summed E-state index contributed by atoms with van der Waals surface area (Å²) in [7, 11) is 0. The maximum atomic E-state index is 13.3. The highest BCUT2D eigenvalue weighted by Crippen LogP contribution is 2.34. The van der Waals surface area contributed by atoms with Crippen LogP contribution in [0.4, 0.5) is 19.0 Å². The van der Waals surface area contributed by atoms with Gasteiger partial charge in [0.25, 0.3) is 0 Å². The van der Waals surface area contributed by atoms with Crippen molar-refractivity contribution in [3.8, 4) is 0 Å². The summed E-state index contributed by atoms with van der Waals surface area (Å²) >= 11 is 2.85. The molecule has 4 N–H and O–H groups in total. The van der Waals surface area contributed by atoms with Crippen LogP contribution in [0.3, 0.4) is 0 Å². The Morgan fingerprint density at radius 3 is 1.83 bits per heavy atom. The third kappa shape index (κ3) is 8.47. The van der Waals surface area contributed by atoms with Gasteiger partial charge in [-0.3, -0.25) is 9.59 Å². The maximum absolute atomic E-state index is 13.3. The number of nitrogen functional groups attached to an aromatic ring is 1. The first-order chi connectivity index (χ1) is 21.7. The largest absolute Gasteiger partial charge is 0.481 e. The number of rotatable bonds is 3. The van der Waals surface area contributed by atoms with Gasteiger partial charge >= 0.3 is 5.97 Å². The number of carboxylic acids is 1. The summed E-state index contributed by atoms with van der Waals surface area (Å²) in [6.07, 6.45) is 1.42. The number of thiazole rings is 2. The van der Waals surface area contributed by atoms with Crippen LogP contribution in [-0.2, 0) is 19.1 Å². The van der Waals surface area contributed by atoms with Crippen molar-refractivity contribution >= 4 is 114 Å². The van der Waals surface area contributed by atoms with Crippen LogP contribution < -0.4 is 11.1 Å². The number of nitrogens with one attached hydrogen (secondary N) is 1. The molecule has 15 heteroatoms. The third-order valence-corrected chi connectivity index (χ3v) is 9.44.